The Morgan fingerprint density at radius 1 is 1.29 bits per heavy atom. The molecule has 0 aliphatic carbocycles. The third-order valence-electron chi connectivity index (χ3n) is 4.23. The number of piperidine rings is 1. The lowest BCUT2D eigenvalue weighted by molar-refractivity contribution is -0.132. The maximum absolute atomic E-state index is 12.5. The van der Waals surface area contributed by atoms with Crippen LogP contribution in [-0.2, 0) is 11.3 Å². The standard InChI is InChI=1S/C14H21N5O2/c1-11-9-16-18(10-11)7-2-8-19-12(20)14(17-13(19)21)3-5-15-6-4-14/h9-10,15H,2-8H2,1H3,(H,17,21). The van der Waals surface area contributed by atoms with Gasteiger partial charge in [-0.15, -0.1) is 0 Å². The van der Waals surface area contributed by atoms with Crippen molar-refractivity contribution in [2.24, 2.45) is 0 Å². The van der Waals surface area contributed by atoms with Gasteiger partial charge in [0.15, 0.2) is 0 Å². The van der Waals surface area contributed by atoms with Crippen LogP contribution in [-0.4, -0.2) is 51.8 Å². The Morgan fingerprint density at radius 3 is 2.71 bits per heavy atom. The minimum atomic E-state index is -0.662. The van der Waals surface area contributed by atoms with Crippen molar-refractivity contribution in [3.63, 3.8) is 0 Å². The van der Waals surface area contributed by atoms with Crippen LogP contribution < -0.4 is 10.6 Å². The number of nitrogens with zero attached hydrogens (tertiary/aromatic N) is 3. The van der Waals surface area contributed by atoms with E-state index in [1.54, 1.807) is 6.20 Å². The minimum Gasteiger partial charge on any atom is -0.323 e. The molecule has 0 saturated carbocycles. The Labute approximate surface area is 123 Å². The molecule has 3 amide bonds. The van der Waals surface area contributed by atoms with Crippen molar-refractivity contribution in [3.8, 4) is 0 Å². The lowest BCUT2D eigenvalue weighted by Gasteiger charge is -2.31. The Balaban J connectivity index is 1.58. The van der Waals surface area contributed by atoms with Crippen molar-refractivity contribution in [1.29, 1.82) is 0 Å². The normalized spacial score (nSPS) is 21.1. The predicted molar refractivity (Wildman–Crippen MR) is 76.7 cm³/mol. The zero-order valence-corrected chi connectivity index (χ0v) is 12.3. The van der Waals surface area contributed by atoms with E-state index in [0.717, 1.165) is 18.7 Å². The van der Waals surface area contributed by atoms with Crippen molar-refractivity contribution in [2.45, 2.75) is 38.3 Å². The molecule has 2 N–H and O–H groups in total. The summed E-state index contributed by atoms with van der Waals surface area (Å²) < 4.78 is 1.84. The molecule has 0 unspecified atom stereocenters. The van der Waals surface area contributed by atoms with Gasteiger partial charge in [-0.25, -0.2) is 4.79 Å². The number of carbonyl (C=O) groups is 2. The van der Waals surface area contributed by atoms with Crippen LogP contribution >= 0.6 is 0 Å². The van der Waals surface area contributed by atoms with Crippen molar-refractivity contribution in [2.75, 3.05) is 19.6 Å². The summed E-state index contributed by atoms with van der Waals surface area (Å²) in [5.41, 5.74) is 0.448. The maximum Gasteiger partial charge on any atom is 0.325 e. The summed E-state index contributed by atoms with van der Waals surface area (Å²) in [6, 6.07) is -0.251. The first-order valence-corrected chi connectivity index (χ1v) is 7.45. The molecule has 0 radical (unpaired) electrons. The summed E-state index contributed by atoms with van der Waals surface area (Å²) in [7, 11) is 0. The van der Waals surface area contributed by atoms with Crippen LogP contribution in [0.2, 0.25) is 0 Å². The molecular formula is C14H21N5O2. The van der Waals surface area contributed by atoms with Gasteiger partial charge in [-0.2, -0.15) is 5.10 Å². The summed E-state index contributed by atoms with van der Waals surface area (Å²) in [4.78, 5) is 26.0. The Kier molecular flexibility index (Phi) is 3.67. The van der Waals surface area contributed by atoms with E-state index in [9.17, 15) is 9.59 Å². The molecule has 0 aromatic carbocycles. The molecule has 0 atom stereocenters. The quantitative estimate of drug-likeness (QED) is 0.780. The molecule has 1 aromatic heterocycles. The highest BCUT2D eigenvalue weighted by molar-refractivity contribution is 6.07. The highest BCUT2D eigenvalue weighted by Gasteiger charge is 2.50. The average Bonchev–Trinajstić information content (AvgIpc) is 2.97. The van der Waals surface area contributed by atoms with E-state index in [-0.39, 0.29) is 11.9 Å². The number of rotatable bonds is 4. The Bertz CT molecular complexity index is 547. The first-order chi connectivity index (χ1) is 10.1. The first-order valence-electron chi connectivity index (χ1n) is 7.45. The lowest BCUT2D eigenvalue weighted by atomic mass is 9.88. The molecule has 2 saturated heterocycles. The van der Waals surface area contributed by atoms with E-state index in [4.69, 9.17) is 0 Å². The molecule has 2 aliphatic heterocycles. The molecule has 7 nitrogen and oxygen atoms in total. The zero-order chi connectivity index (χ0) is 14.9. The largest absolute Gasteiger partial charge is 0.325 e. The van der Waals surface area contributed by atoms with Crippen LogP contribution in [0.25, 0.3) is 0 Å². The highest BCUT2D eigenvalue weighted by atomic mass is 16.2. The molecule has 7 heteroatoms. The van der Waals surface area contributed by atoms with Gasteiger partial charge in [0.25, 0.3) is 5.91 Å². The summed E-state index contributed by atoms with van der Waals surface area (Å²) in [5.74, 6) is -0.0642. The van der Waals surface area contributed by atoms with Crippen molar-refractivity contribution < 1.29 is 9.59 Å². The second-order valence-corrected chi connectivity index (χ2v) is 5.85. The second-order valence-electron chi connectivity index (χ2n) is 5.85. The summed E-state index contributed by atoms with van der Waals surface area (Å²) in [6.07, 6.45) is 5.82. The smallest absolute Gasteiger partial charge is 0.323 e. The van der Waals surface area contributed by atoms with Gasteiger partial charge >= 0.3 is 6.03 Å². The molecule has 0 bridgehead atoms. The molecule has 2 aliphatic rings. The summed E-state index contributed by atoms with van der Waals surface area (Å²) in [6.45, 7) is 4.68. The van der Waals surface area contributed by atoms with Gasteiger partial charge in [0.05, 0.1) is 6.20 Å². The van der Waals surface area contributed by atoms with Crippen LogP contribution in [0.3, 0.4) is 0 Å². The third-order valence-corrected chi connectivity index (χ3v) is 4.23. The van der Waals surface area contributed by atoms with E-state index in [0.29, 0.717) is 32.4 Å². The first kappa shape index (κ1) is 14.1. The fourth-order valence-electron chi connectivity index (χ4n) is 3.05. The number of urea groups is 1. The van der Waals surface area contributed by atoms with Crippen LogP contribution in [0.15, 0.2) is 12.4 Å². The molecule has 2 fully saturated rings. The van der Waals surface area contributed by atoms with Crippen LogP contribution in [0, 0.1) is 6.92 Å². The monoisotopic (exact) mass is 291 g/mol. The van der Waals surface area contributed by atoms with Crippen LogP contribution in [0.1, 0.15) is 24.8 Å². The lowest BCUT2D eigenvalue weighted by Crippen LogP contribution is -2.53. The van der Waals surface area contributed by atoms with Crippen molar-refractivity contribution in [1.82, 2.24) is 25.3 Å². The van der Waals surface area contributed by atoms with Gasteiger partial charge in [-0.3, -0.25) is 14.4 Å². The highest BCUT2D eigenvalue weighted by Crippen LogP contribution is 2.26. The number of hydrogen-bond donors (Lipinski definition) is 2. The van der Waals surface area contributed by atoms with E-state index in [2.05, 4.69) is 15.7 Å². The van der Waals surface area contributed by atoms with Gasteiger partial charge in [0, 0.05) is 19.3 Å². The minimum absolute atomic E-state index is 0.0642. The van der Waals surface area contributed by atoms with E-state index in [1.165, 1.54) is 4.90 Å². The maximum atomic E-state index is 12.5. The topological polar surface area (TPSA) is 79.3 Å². The average molecular weight is 291 g/mol. The van der Waals surface area contributed by atoms with Gasteiger partial charge in [0.1, 0.15) is 5.54 Å². The number of imide groups is 1. The van der Waals surface area contributed by atoms with E-state index < -0.39 is 5.54 Å². The van der Waals surface area contributed by atoms with Crippen molar-refractivity contribution >= 4 is 11.9 Å². The predicted octanol–water partition coefficient (Wildman–Crippen LogP) is 0.256. The zero-order valence-electron chi connectivity index (χ0n) is 12.3. The molecule has 21 heavy (non-hydrogen) atoms. The van der Waals surface area contributed by atoms with E-state index in [1.807, 2.05) is 17.8 Å². The van der Waals surface area contributed by atoms with Gasteiger partial charge < -0.3 is 10.6 Å². The van der Waals surface area contributed by atoms with Gasteiger partial charge in [0.2, 0.25) is 0 Å². The van der Waals surface area contributed by atoms with Gasteiger partial charge in [-0.05, 0) is 44.8 Å². The number of amides is 3. The Hall–Kier alpha value is -1.89. The Morgan fingerprint density at radius 2 is 2.05 bits per heavy atom. The fraction of sp³-hybridized carbons (Fsp3) is 0.643. The number of carbonyl (C=O) groups excluding carboxylic acids is 2. The fourth-order valence-corrected chi connectivity index (χ4v) is 3.05. The summed E-state index contributed by atoms with van der Waals surface area (Å²) in [5, 5.41) is 10.3. The number of nitrogens with one attached hydrogen (secondary N) is 2. The second kappa shape index (κ2) is 5.48. The summed E-state index contributed by atoms with van der Waals surface area (Å²) >= 11 is 0. The molecule has 1 spiro atoms. The molecule has 114 valence electrons. The third kappa shape index (κ3) is 2.65. The SMILES string of the molecule is Cc1cnn(CCCN2C(=O)NC3(CCNCC3)C2=O)c1. The van der Waals surface area contributed by atoms with Gasteiger partial charge in [-0.1, -0.05) is 0 Å². The van der Waals surface area contributed by atoms with E-state index >= 15 is 0 Å². The van der Waals surface area contributed by atoms with Crippen LogP contribution in [0.4, 0.5) is 4.79 Å². The number of hydrogen-bond acceptors (Lipinski definition) is 4. The number of aromatic nitrogens is 2. The molecule has 3 rings (SSSR count). The van der Waals surface area contributed by atoms with Crippen molar-refractivity contribution in [3.05, 3.63) is 18.0 Å². The molecular weight excluding hydrogens is 270 g/mol. The van der Waals surface area contributed by atoms with Crippen LogP contribution in [0.5, 0.6) is 0 Å². The number of aryl methyl sites for hydroxylation is 2. The molecule has 1 aromatic rings. The molecule has 3 heterocycles.